The number of nitrogens with one attached hydrogen (secondary N) is 1. The molecule has 1 aliphatic heterocycles. The molecule has 1 atom stereocenters. The van der Waals surface area contributed by atoms with Gasteiger partial charge in [0.15, 0.2) is 0 Å². The Bertz CT molecular complexity index is 1220. The lowest BCUT2D eigenvalue weighted by Crippen LogP contribution is -2.51. The monoisotopic (exact) mass is 525 g/mol. The van der Waals surface area contributed by atoms with E-state index in [2.05, 4.69) is 5.32 Å². The van der Waals surface area contributed by atoms with Crippen molar-refractivity contribution in [3.05, 3.63) is 63.6 Å². The average molecular weight is 526 g/mol. The third kappa shape index (κ3) is 5.37. The van der Waals surface area contributed by atoms with Crippen LogP contribution in [0.15, 0.2) is 47.4 Å². The summed E-state index contributed by atoms with van der Waals surface area (Å²) in [6.07, 6.45) is 1.66. The summed E-state index contributed by atoms with van der Waals surface area (Å²) in [5, 5.41) is 3.39. The smallest absolute Gasteiger partial charge is 0.269 e. The van der Waals surface area contributed by atoms with E-state index < -0.39 is 34.4 Å². The van der Waals surface area contributed by atoms with Crippen LogP contribution in [-0.4, -0.2) is 54.5 Å². The van der Waals surface area contributed by atoms with Crippen LogP contribution in [0, 0.1) is 0 Å². The fraction of sp³-hybridized carbons (Fsp3) is 0.348. The molecule has 34 heavy (non-hydrogen) atoms. The number of nitrogens with zero attached hydrogens (tertiary/aromatic N) is 2. The molecule has 0 aromatic heterocycles. The van der Waals surface area contributed by atoms with Crippen molar-refractivity contribution >= 4 is 50.9 Å². The minimum absolute atomic E-state index is 0.0108. The van der Waals surface area contributed by atoms with E-state index in [9.17, 15) is 22.8 Å². The molecule has 0 fully saturated rings. The van der Waals surface area contributed by atoms with Crippen molar-refractivity contribution in [2.45, 2.75) is 44.2 Å². The summed E-state index contributed by atoms with van der Waals surface area (Å²) in [7, 11) is -4.18. The van der Waals surface area contributed by atoms with Crippen molar-refractivity contribution in [1.82, 2.24) is 14.5 Å². The van der Waals surface area contributed by atoms with Crippen LogP contribution in [0.3, 0.4) is 0 Å². The molecule has 0 saturated heterocycles. The van der Waals surface area contributed by atoms with Crippen LogP contribution in [0.4, 0.5) is 0 Å². The molecule has 2 aromatic carbocycles. The van der Waals surface area contributed by atoms with E-state index in [1.807, 2.05) is 6.92 Å². The van der Waals surface area contributed by atoms with E-state index in [0.29, 0.717) is 21.4 Å². The van der Waals surface area contributed by atoms with Gasteiger partial charge in [-0.2, -0.15) is 0 Å². The molecule has 1 aliphatic rings. The zero-order valence-electron chi connectivity index (χ0n) is 18.8. The van der Waals surface area contributed by atoms with E-state index in [4.69, 9.17) is 23.2 Å². The Morgan fingerprint density at radius 2 is 1.82 bits per heavy atom. The number of fused-ring (bicyclic) bond motifs is 1. The van der Waals surface area contributed by atoms with Gasteiger partial charge >= 0.3 is 0 Å². The van der Waals surface area contributed by atoms with Gasteiger partial charge in [-0.25, -0.2) is 12.7 Å². The molecule has 3 amide bonds. The summed E-state index contributed by atoms with van der Waals surface area (Å²) < 4.78 is 26.3. The molecule has 1 heterocycles. The molecule has 1 unspecified atom stereocenters. The van der Waals surface area contributed by atoms with Crippen LogP contribution < -0.4 is 5.32 Å². The fourth-order valence-electron chi connectivity index (χ4n) is 3.55. The maximum atomic E-state index is 13.3. The summed E-state index contributed by atoms with van der Waals surface area (Å²) in [6, 6.07) is 9.65. The van der Waals surface area contributed by atoms with Gasteiger partial charge in [0.05, 0.1) is 15.6 Å². The minimum Gasteiger partial charge on any atom is -0.354 e. The number of carbonyl (C=O) groups is 3. The Morgan fingerprint density at radius 3 is 2.47 bits per heavy atom. The normalized spacial score (nSPS) is 15.1. The number of hydrogen-bond donors (Lipinski definition) is 1. The fourth-order valence-corrected chi connectivity index (χ4v) is 5.39. The summed E-state index contributed by atoms with van der Waals surface area (Å²) in [5.41, 5.74) is 0.603. The number of rotatable bonds is 9. The topological polar surface area (TPSA) is 104 Å². The molecule has 0 saturated carbocycles. The summed E-state index contributed by atoms with van der Waals surface area (Å²) in [4.78, 5) is 39.9. The van der Waals surface area contributed by atoms with Gasteiger partial charge in [0, 0.05) is 13.1 Å². The lowest BCUT2D eigenvalue weighted by atomic mass is 10.1. The Kier molecular flexibility index (Phi) is 8.22. The second kappa shape index (κ2) is 10.8. The van der Waals surface area contributed by atoms with E-state index >= 15 is 0 Å². The van der Waals surface area contributed by atoms with Gasteiger partial charge in [-0.3, -0.25) is 14.4 Å². The molecule has 8 nitrogen and oxygen atoms in total. The standard InChI is InChI=1S/C23H25Cl2N3O5S/c1-3-4-11-26-22(30)15(2)27(13-16-9-10-18(24)19(25)12-16)21(29)14-28-23(31)17-7-5-6-8-20(17)34(28,32)33/h5-10,12,15H,3-4,11,13-14H2,1-2H3,(H,26,30). The average Bonchev–Trinajstić information content (AvgIpc) is 3.00. The zero-order valence-corrected chi connectivity index (χ0v) is 21.1. The Hall–Kier alpha value is -2.62. The second-order valence-corrected chi connectivity index (χ2v) is 10.5. The van der Waals surface area contributed by atoms with Gasteiger partial charge in [-0.05, 0) is 43.2 Å². The van der Waals surface area contributed by atoms with Crippen molar-refractivity contribution in [3.63, 3.8) is 0 Å². The molecule has 182 valence electrons. The van der Waals surface area contributed by atoms with E-state index in [0.717, 1.165) is 12.8 Å². The van der Waals surface area contributed by atoms with Crippen molar-refractivity contribution in [2.75, 3.05) is 13.1 Å². The van der Waals surface area contributed by atoms with Crippen LogP contribution in [0.25, 0.3) is 0 Å². The van der Waals surface area contributed by atoms with Gasteiger partial charge < -0.3 is 10.2 Å². The molecular weight excluding hydrogens is 501 g/mol. The van der Waals surface area contributed by atoms with Crippen LogP contribution in [0.1, 0.15) is 42.6 Å². The third-order valence-electron chi connectivity index (χ3n) is 5.52. The highest BCUT2D eigenvalue weighted by Crippen LogP contribution is 2.30. The molecule has 2 aromatic rings. The second-order valence-electron chi connectivity index (χ2n) is 7.90. The van der Waals surface area contributed by atoms with Crippen molar-refractivity contribution in [2.24, 2.45) is 0 Å². The van der Waals surface area contributed by atoms with E-state index in [1.165, 1.54) is 23.1 Å². The van der Waals surface area contributed by atoms with Gasteiger partial charge in [0.2, 0.25) is 11.8 Å². The maximum absolute atomic E-state index is 13.3. The van der Waals surface area contributed by atoms with Gasteiger partial charge in [0.25, 0.3) is 15.9 Å². The van der Waals surface area contributed by atoms with Gasteiger partial charge in [-0.15, -0.1) is 0 Å². The van der Waals surface area contributed by atoms with Crippen LogP contribution in [0.2, 0.25) is 10.0 Å². The molecule has 11 heteroatoms. The molecule has 0 spiro atoms. The summed E-state index contributed by atoms with van der Waals surface area (Å²) in [6.45, 7) is 3.21. The Morgan fingerprint density at radius 1 is 1.12 bits per heavy atom. The number of benzene rings is 2. The lowest BCUT2D eigenvalue weighted by Gasteiger charge is -2.30. The summed E-state index contributed by atoms with van der Waals surface area (Å²) in [5.74, 6) is -1.87. The first-order valence-corrected chi connectivity index (χ1v) is 12.9. The number of unbranched alkanes of at least 4 members (excludes halogenated alkanes) is 1. The third-order valence-corrected chi connectivity index (χ3v) is 8.05. The van der Waals surface area contributed by atoms with E-state index in [1.54, 1.807) is 31.2 Å². The van der Waals surface area contributed by atoms with Gasteiger partial charge in [-0.1, -0.05) is 54.7 Å². The zero-order chi connectivity index (χ0) is 25.0. The molecule has 1 N–H and O–H groups in total. The first-order valence-electron chi connectivity index (χ1n) is 10.7. The Balaban J connectivity index is 1.87. The highest BCUT2D eigenvalue weighted by Gasteiger charge is 2.43. The molecule has 3 rings (SSSR count). The molecular formula is C23H25Cl2N3O5S. The van der Waals surface area contributed by atoms with Crippen molar-refractivity contribution in [3.8, 4) is 0 Å². The summed E-state index contributed by atoms with van der Waals surface area (Å²) >= 11 is 12.1. The Labute approximate surface area is 208 Å². The van der Waals surface area contributed by atoms with Crippen LogP contribution in [0.5, 0.6) is 0 Å². The SMILES string of the molecule is CCCCNC(=O)C(C)N(Cc1ccc(Cl)c(Cl)c1)C(=O)CN1C(=O)c2ccccc2S1(=O)=O. The van der Waals surface area contributed by atoms with Crippen molar-refractivity contribution < 1.29 is 22.8 Å². The number of hydrogen-bond acceptors (Lipinski definition) is 5. The molecule has 0 bridgehead atoms. The first-order chi connectivity index (χ1) is 16.1. The predicted octanol–water partition coefficient (Wildman–Crippen LogP) is 3.47. The van der Waals surface area contributed by atoms with Crippen molar-refractivity contribution in [1.29, 1.82) is 0 Å². The van der Waals surface area contributed by atoms with Crippen LogP contribution in [-0.2, 0) is 26.2 Å². The van der Waals surface area contributed by atoms with Gasteiger partial charge in [0.1, 0.15) is 17.5 Å². The number of amides is 3. The largest absolute Gasteiger partial charge is 0.354 e. The van der Waals surface area contributed by atoms with E-state index in [-0.39, 0.29) is 27.9 Å². The minimum atomic E-state index is -4.18. The number of carbonyl (C=O) groups excluding carboxylic acids is 3. The highest BCUT2D eigenvalue weighted by atomic mass is 35.5. The molecule has 0 radical (unpaired) electrons. The quantitative estimate of drug-likeness (QED) is 0.504. The first kappa shape index (κ1) is 26.0. The predicted molar refractivity (Wildman–Crippen MR) is 129 cm³/mol. The lowest BCUT2D eigenvalue weighted by molar-refractivity contribution is -0.140. The molecule has 0 aliphatic carbocycles. The maximum Gasteiger partial charge on any atom is 0.269 e. The van der Waals surface area contributed by atoms with Crippen LogP contribution >= 0.6 is 23.2 Å². The number of sulfonamides is 1. The number of halogens is 2. The highest BCUT2D eigenvalue weighted by molar-refractivity contribution is 7.90.